The van der Waals surface area contributed by atoms with Crippen LogP contribution >= 0.6 is 0 Å². The van der Waals surface area contributed by atoms with Crippen molar-refractivity contribution in [3.05, 3.63) is 71.6 Å². The van der Waals surface area contributed by atoms with Crippen molar-refractivity contribution in [1.82, 2.24) is 9.80 Å². The van der Waals surface area contributed by atoms with E-state index in [0.717, 1.165) is 19.6 Å². The van der Waals surface area contributed by atoms with Gasteiger partial charge in [0, 0.05) is 52.4 Å². The molecule has 0 bridgehead atoms. The van der Waals surface area contributed by atoms with Crippen LogP contribution in [0.1, 0.15) is 15.9 Å². The second kappa shape index (κ2) is 8.82. The summed E-state index contributed by atoms with van der Waals surface area (Å²) in [6.45, 7) is 3.83. The molecule has 0 spiro atoms. The van der Waals surface area contributed by atoms with Gasteiger partial charge < -0.3 is 9.80 Å². The molecular weight excluding hydrogens is 341 g/mol. The average molecular weight is 367 g/mol. The van der Waals surface area contributed by atoms with Crippen LogP contribution in [0, 0.1) is 5.82 Å². The molecule has 0 N–H and O–H groups in total. The Balaban J connectivity index is 1.52. The molecule has 142 valence electrons. The normalized spacial score (nSPS) is 15.3. The summed E-state index contributed by atoms with van der Waals surface area (Å²) in [5, 5.41) is 0. The van der Waals surface area contributed by atoms with Crippen LogP contribution in [0.5, 0.6) is 0 Å². The van der Waals surface area contributed by atoms with Crippen molar-refractivity contribution in [2.75, 3.05) is 51.7 Å². The maximum absolute atomic E-state index is 14.1. The molecule has 2 aromatic rings. The fraction of sp³-hybridized carbons (Fsp3) is 0.318. The maximum Gasteiger partial charge on any atom is 0.254 e. The molecule has 1 aliphatic heterocycles. The number of nitrogens with zero attached hydrogens (tertiary/aromatic N) is 3. The minimum atomic E-state index is -0.365. The van der Waals surface area contributed by atoms with Crippen molar-refractivity contribution >= 4 is 17.7 Å². The van der Waals surface area contributed by atoms with E-state index < -0.39 is 0 Å². The van der Waals surface area contributed by atoms with E-state index in [4.69, 9.17) is 0 Å². The van der Waals surface area contributed by atoms with Crippen LogP contribution in [-0.4, -0.2) is 62.5 Å². The van der Waals surface area contributed by atoms with Crippen LogP contribution in [0.25, 0.3) is 6.08 Å². The smallest absolute Gasteiger partial charge is 0.254 e. The number of hydrogen-bond acceptors (Lipinski definition) is 3. The van der Waals surface area contributed by atoms with Crippen molar-refractivity contribution in [2.24, 2.45) is 0 Å². The van der Waals surface area contributed by atoms with Crippen molar-refractivity contribution in [1.29, 1.82) is 0 Å². The Bertz CT molecular complexity index is 796. The molecule has 0 unspecified atom stereocenters. The number of anilines is 1. The van der Waals surface area contributed by atoms with Gasteiger partial charge in [0.15, 0.2) is 0 Å². The standard InChI is InChI=1S/C22H26FN3O/c1-24(2)21-11-10-19(17-20(21)23)22(27)26-15-13-25(14-16-26)12-6-9-18-7-4-3-5-8-18/h3-11,17H,12-16H2,1-2H3/b9-6+. The lowest BCUT2D eigenvalue weighted by atomic mass is 10.1. The zero-order chi connectivity index (χ0) is 19.2. The van der Waals surface area contributed by atoms with Gasteiger partial charge in [-0.2, -0.15) is 0 Å². The second-order valence-electron chi connectivity index (χ2n) is 6.97. The van der Waals surface area contributed by atoms with Crippen molar-refractivity contribution in [3.63, 3.8) is 0 Å². The predicted molar refractivity (Wildman–Crippen MR) is 109 cm³/mol. The number of benzene rings is 2. The van der Waals surface area contributed by atoms with Gasteiger partial charge in [0.2, 0.25) is 0 Å². The van der Waals surface area contributed by atoms with E-state index in [1.54, 1.807) is 31.1 Å². The van der Waals surface area contributed by atoms with Crippen LogP contribution in [0.4, 0.5) is 10.1 Å². The van der Waals surface area contributed by atoms with Crippen molar-refractivity contribution < 1.29 is 9.18 Å². The van der Waals surface area contributed by atoms with Crippen molar-refractivity contribution in [3.8, 4) is 0 Å². The lowest BCUT2D eigenvalue weighted by Gasteiger charge is -2.34. The van der Waals surface area contributed by atoms with Gasteiger partial charge in [-0.3, -0.25) is 9.69 Å². The highest BCUT2D eigenvalue weighted by atomic mass is 19.1. The van der Waals surface area contributed by atoms with Crippen LogP contribution < -0.4 is 4.90 Å². The van der Waals surface area contributed by atoms with Crippen LogP contribution in [0.2, 0.25) is 0 Å². The minimum absolute atomic E-state index is 0.0984. The number of halogens is 1. The van der Waals surface area contributed by atoms with Gasteiger partial charge in [-0.15, -0.1) is 0 Å². The Morgan fingerprint density at radius 3 is 2.41 bits per heavy atom. The van der Waals surface area contributed by atoms with E-state index in [9.17, 15) is 9.18 Å². The molecule has 1 aliphatic rings. The van der Waals surface area contributed by atoms with Gasteiger partial charge in [-0.1, -0.05) is 42.5 Å². The molecule has 0 aromatic heterocycles. The maximum atomic E-state index is 14.1. The molecule has 0 radical (unpaired) electrons. The first kappa shape index (κ1) is 19.1. The lowest BCUT2D eigenvalue weighted by Crippen LogP contribution is -2.48. The highest BCUT2D eigenvalue weighted by Gasteiger charge is 2.22. The molecule has 4 nitrogen and oxygen atoms in total. The van der Waals surface area contributed by atoms with Crippen LogP contribution in [0.3, 0.4) is 0 Å². The summed E-state index contributed by atoms with van der Waals surface area (Å²) in [6.07, 6.45) is 4.27. The van der Waals surface area contributed by atoms with Gasteiger partial charge in [0.25, 0.3) is 5.91 Å². The minimum Gasteiger partial charge on any atom is -0.375 e. The second-order valence-corrected chi connectivity index (χ2v) is 6.97. The molecular formula is C22H26FN3O. The largest absolute Gasteiger partial charge is 0.375 e. The fourth-order valence-electron chi connectivity index (χ4n) is 3.22. The topological polar surface area (TPSA) is 26.8 Å². The van der Waals surface area contributed by atoms with Gasteiger partial charge in [-0.25, -0.2) is 4.39 Å². The number of amides is 1. The Morgan fingerprint density at radius 2 is 1.78 bits per heavy atom. The zero-order valence-electron chi connectivity index (χ0n) is 15.9. The number of rotatable bonds is 5. The SMILES string of the molecule is CN(C)c1ccc(C(=O)N2CCN(C/C=C/c3ccccc3)CC2)cc1F. The van der Waals surface area contributed by atoms with E-state index in [1.807, 2.05) is 23.1 Å². The molecule has 1 fully saturated rings. The summed E-state index contributed by atoms with van der Waals surface area (Å²) in [7, 11) is 3.57. The molecule has 0 atom stereocenters. The first-order chi connectivity index (χ1) is 13.0. The molecule has 5 heteroatoms. The molecule has 2 aromatic carbocycles. The molecule has 27 heavy (non-hydrogen) atoms. The van der Waals surface area contributed by atoms with Gasteiger partial charge in [-0.05, 0) is 23.8 Å². The van der Waals surface area contributed by atoms with E-state index in [1.165, 1.54) is 11.6 Å². The number of carbonyl (C=O) groups is 1. The highest BCUT2D eigenvalue weighted by molar-refractivity contribution is 5.94. The molecule has 1 heterocycles. The summed E-state index contributed by atoms with van der Waals surface area (Å²) in [6, 6.07) is 14.9. The summed E-state index contributed by atoms with van der Waals surface area (Å²) in [4.78, 5) is 18.5. The first-order valence-corrected chi connectivity index (χ1v) is 9.24. The third-order valence-corrected chi connectivity index (χ3v) is 4.81. The first-order valence-electron chi connectivity index (χ1n) is 9.24. The van der Waals surface area contributed by atoms with E-state index >= 15 is 0 Å². The molecule has 0 aliphatic carbocycles. The Morgan fingerprint density at radius 1 is 1.07 bits per heavy atom. The average Bonchev–Trinajstić information content (AvgIpc) is 2.68. The zero-order valence-corrected chi connectivity index (χ0v) is 15.9. The summed E-state index contributed by atoms with van der Waals surface area (Å²) < 4.78 is 14.1. The Hall–Kier alpha value is -2.66. The van der Waals surface area contributed by atoms with Gasteiger partial charge in [0.05, 0.1) is 5.69 Å². The summed E-state index contributed by atoms with van der Waals surface area (Å²) >= 11 is 0. The molecule has 0 saturated carbocycles. The number of carbonyl (C=O) groups excluding carboxylic acids is 1. The van der Waals surface area contributed by atoms with E-state index in [-0.39, 0.29) is 11.7 Å². The third kappa shape index (κ3) is 4.95. The fourth-order valence-corrected chi connectivity index (χ4v) is 3.22. The van der Waals surface area contributed by atoms with Crippen molar-refractivity contribution in [2.45, 2.75) is 0 Å². The lowest BCUT2D eigenvalue weighted by molar-refractivity contribution is 0.0650. The Labute approximate surface area is 160 Å². The van der Waals surface area contributed by atoms with Crippen LogP contribution in [0.15, 0.2) is 54.6 Å². The third-order valence-electron chi connectivity index (χ3n) is 4.81. The van der Waals surface area contributed by atoms with E-state index in [0.29, 0.717) is 24.3 Å². The summed E-state index contributed by atoms with van der Waals surface area (Å²) in [5.74, 6) is -0.464. The predicted octanol–water partition coefficient (Wildman–Crippen LogP) is 3.36. The molecule has 1 saturated heterocycles. The van der Waals surface area contributed by atoms with Crippen LogP contribution in [-0.2, 0) is 0 Å². The van der Waals surface area contributed by atoms with Gasteiger partial charge in [0.1, 0.15) is 5.82 Å². The van der Waals surface area contributed by atoms with E-state index in [2.05, 4.69) is 29.2 Å². The van der Waals surface area contributed by atoms with Gasteiger partial charge >= 0.3 is 0 Å². The number of hydrogen-bond donors (Lipinski definition) is 0. The Kier molecular flexibility index (Phi) is 6.24. The summed E-state index contributed by atoms with van der Waals surface area (Å²) in [5.41, 5.74) is 2.09. The quantitative estimate of drug-likeness (QED) is 0.811. The highest BCUT2D eigenvalue weighted by Crippen LogP contribution is 2.19. The molecule has 3 rings (SSSR count). The monoisotopic (exact) mass is 367 g/mol. The molecule has 1 amide bonds. The number of piperazine rings is 1.